The normalized spacial score (nSPS) is 11.4. The molecular weight excluding hydrogens is 1010 g/mol. The molecule has 0 aliphatic rings. The van der Waals surface area contributed by atoms with Crippen LogP contribution >= 0.6 is 31.9 Å². The van der Waals surface area contributed by atoms with Crippen molar-refractivity contribution in [3.8, 4) is 68.7 Å². The van der Waals surface area contributed by atoms with E-state index >= 15 is 0 Å². The lowest BCUT2D eigenvalue weighted by Gasteiger charge is -2.19. The molecule has 0 aliphatic carbocycles. The van der Waals surface area contributed by atoms with E-state index in [2.05, 4.69) is 237 Å². The number of pyridine rings is 4. The molecule has 6 heteroatoms. The summed E-state index contributed by atoms with van der Waals surface area (Å²) in [6.07, 6.45) is 0. The summed E-state index contributed by atoms with van der Waals surface area (Å²) in [6.45, 7) is 30.4. The zero-order valence-corrected chi connectivity index (χ0v) is 46.8. The maximum Gasteiger partial charge on any atom is 0.0973 e. The van der Waals surface area contributed by atoms with E-state index in [1.54, 1.807) is 0 Å². The largest absolute Gasteiger partial charge is 0.245 e. The van der Waals surface area contributed by atoms with Crippen molar-refractivity contribution in [1.82, 2.24) is 19.9 Å². The number of hydrogen-bond acceptors (Lipinski definition) is 4. The van der Waals surface area contributed by atoms with Gasteiger partial charge in [0.1, 0.15) is 0 Å². The molecule has 0 atom stereocenters. The van der Waals surface area contributed by atoms with E-state index in [1.165, 1.54) is 55.6 Å². The van der Waals surface area contributed by atoms with Gasteiger partial charge in [0.05, 0.1) is 56.0 Å². The van der Waals surface area contributed by atoms with Crippen LogP contribution in [0.25, 0.3) is 88.6 Å². The highest BCUT2D eigenvalue weighted by molar-refractivity contribution is 9.11. The molecular formula is C66H56Br2N4. The third-order valence-electron chi connectivity index (χ3n) is 15.2. The van der Waals surface area contributed by atoms with Crippen molar-refractivity contribution in [2.75, 3.05) is 0 Å². The lowest BCUT2D eigenvalue weighted by molar-refractivity contribution is 1.20. The molecule has 10 aromatic rings. The van der Waals surface area contributed by atoms with Crippen LogP contribution in [0.15, 0.2) is 93.9 Å². The molecule has 0 bridgehead atoms. The number of halogens is 2. The molecule has 4 aromatic heterocycles. The van der Waals surface area contributed by atoms with Crippen molar-refractivity contribution in [1.29, 1.82) is 0 Å². The average Bonchev–Trinajstić information content (AvgIpc) is 3.34. The van der Waals surface area contributed by atoms with Crippen molar-refractivity contribution in [3.05, 3.63) is 183 Å². The lowest BCUT2D eigenvalue weighted by atomic mass is 9.89. The molecule has 354 valence electrons. The number of benzene rings is 6. The van der Waals surface area contributed by atoms with E-state index in [1.807, 2.05) is 0 Å². The van der Waals surface area contributed by atoms with Crippen LogP contribution in [0.4, 0.5) is 0 Å². The second-order valence-electron chi connectivity index (χ2n) is 20.0. The van der Waals surface area contributed by atoms with E-state index in [0.29, 0.717) is 0 Å². The van der Waals surface area contributed by atoms with E-state index in [-0.39, 0.29) is 0 Å². The Hall–Kier alpha value is -6.96. The first-order valence-corrected chi connectivity index (χ1v) is 26.1. The summed E-state index contributed by atoms with van der Waals surface area (Å²) in [5, 5.41) is 4.01. The summed E-state index contributed by atoms with van der Waals surface area (Å²) < 4.78 is 2.23. The van der Waals surface area contributed by atoms with Crippen LogP contribution in [0.5, 0.6) is 0 Å². The molecule has 0 amide bonds. The first-order valence-electron chi connectivity index (χ1n) is 24.5. The van der Waals surface area contributed by atoms with Gasteiger partial charge in [-0.25, -0.2) is 19.9 Å². The van der Waals surface area contributed by atoms with E-state index in [0.717, 1.165) is 131 Å². The number of fused-ring (bicyclic) bond motifs is 6. The van der Waals surface area contributed by atoms with Gasteiger partial charge in [0, 0.05) is 52.7 Å². The molecule has 6 aromatic carbocycles. The molecule has 4 heterocycles. The number of rotatable bonds is 4. The Bertz CT molecular complexity index is 3800. The summed E-state index contributed by atoms with van der Waals surface area (Å²) in [4.78, 5) is 21.9. The first-order chi connectivity index (χ1) is 34.3. The topological polar surface area (TPSA) is 51.6 Å². The highest BCUT2D eigenvalue weighted by Crippen LogP contribution is 2.42. The van der Waals surface area contributed by atoms with Crippen LogP contribution in [0, 0.1) is 121 Å². The minimum atomic E-state index is 0.806. The minimum absolute atomic E-state index is 0.806. The molecule has 0 aliphatic heterocycles. The molecule has 0 unspecified atom stereocenters. The highest BCUT2D eigenvalue weighted by atomic mass is 79.9. The Morgan fingerprint density at radius 2 is 0.611 bits per heavy atom. The molecule has 10 rings (SSSR count). The number of aromatic nitrogens is 4. The van der Waals surface area contributed by atoms with Gasteiger partial charge in [0.25, 0.3) is 0 Å². The van der Waals surface area contributed by atoms with Crippen LogP contribution in [0.2, 0.25) is 0 Å². The molecule has 0 saturated carbocycles. The summed E-state index contributed by atoms with van der Waals surface area (Å²) in [7, 11) is 0. The van der Waals surface area contributed by atoms with Gasteiger partial charge in [-0.2, -0.15) is 0 Å². The van der Waals surface area contributed by atoms with E-state index in [4.69, 9.17) is 19.9 Å². The van der Waals surface area contributed by atoms with Gasteiger partial charge in [-0.3, -0.25) is 0 Å². The fourth-order valence-corrected chi connectivity index (χ4v) is 12.3. The predicted molar refractivity (Wildman–Crippen MR) is 311 cm³/mol. The Balaban J connectivity index is 1.19. The Morgan fingerprint density at radius 3 is 0.944 bits per heavy atom. The van der Waals surface area contributed by atoms with Gasteiger partial charge in [-0.15, -0.1) is 0 Å². The minimum Gasteiger partial charge on any atom is -0.245 e. The second-order valence-corrected chi connectivity index (χ2v) is 21.6. The smallest absolute Gasteiger partial charge is 0.0973 e. The zero-order chi connectivity index (χ0) is 51.2. The summed E-state index contributed by atoms with van der Waals surface area (Å²) in [5.74, 6) is 13.7. The summed E-state index contributed by atoms with van der Waals surface area (Å²) >= 11 is 7.80. The predicted octanol–water partition coefficient (Wildman–Crippen LogP) is 17.8. The molecule has 4 nitrogen and oxygen atoms in total. The van der Waals surface area contributed by atoms with Crippen LogP contribution in [0.1, 0.15) is 89.0 Å². The van der Waals surface area contributed by atoms with Gasteiger partial charge in [0.15, 0.2) is 0 Å². The summed E-state index contributed by atoms with van der Waals surface area (Å²) in [6, 6.07) is 30.4. The van der Waals surface area contributed by atoms with Crippen molar-refractivity contribution < 1.29 is 0 Å². The maximum atomic E-state index is 5.58. The Morgan fingerprint density at radius 1 is 0.319 bits per heavy atom. The fraction of sp³-hybridized carbons (Fsp3) is 0.212. The van der Waals surface area contributed by atoms with Crippen LogP contribution in [0.3, 0.4) is 0 Å². The number of hydrogen-bond donors (Lipinski definition) is 0. The standard InChI is InChI=1S/C66H56Br2N4/c1-33-27-35(3)55(36(4)28-33)53-25-23-47-19-21-51-31-49(61(71-65(51)63(47)69-53)57-39(7)43(11)59(67)44(12)40(57)8)17-15-16-18-50-32-52-22-20-48-24-26-54(56-37(5)29-34(2)30-38(56)6)70-64(48)66(52)72-62(50)58-41(9)45(13)60(68)46(14)42(58)10/h19-32H,1-14H3. The molecule has 0 spiro atoms. The fourth-order valence-electron chi connectivity index (χ4n) is 11.1. The maximum absolute atomic E-state index is 5.58. The van der Waals surface area contributed by atoms with Crippen LogP contribution < -0.4 is 0 Å². The van der Waals surface area contributed by atoms with Crippen LogP contribution in [-0.4, -0.2) is 19.9 Å². The monoisotopic (exact) mass is 1060 g/mol. The van der Waals surface area contributed by atoms with Crippen molar-refractivity contribution in [2.45, 2.75) is 96.9 Å². The SMILES string of the molecule is Cc1cc(C)c(-c2ccc3ccc4cc(C#CC#Cc5cc6ccc7ccc(-c8c(C)cc(C)cc8C)nc7c6nc5-c5c(C)c(C)c(Br)c(C)c5C)c(-c5c(C)c(C)c(Br)c(C)c5C)nc4c3n2)c(C)c1. The summed E-state index contributed by atoms with van der Waals surface area (Å²) in [5.41, 5.74) is 29.7. The first kappa shape index (κ1) is 48.7. The molecule has 0 N–H and O–H groups in total. The Kier molecular flexibility index (Phi) is 12.6. The van der Waals surface area contributed by atoms with Gasteiger partial charge < -0.3 is 0 Å². The van der Waals surface area contributed by atoms with Crippen LogP contribution in [-0.2, 0) is 0 Å². The second kappa shape index (κ2) is 18.6. The zero-order valence-electron chi connectivity index (χ0n) is 43.6. The van der Waals surface area contributed by atoms with Gasteiger partial charge >= 0.3 is 0 Å². The average molecular weight is 1070 g/mol. The van der Waals surface area contributed by atoms with Crippen molar-refractivity contribution in [3.63, 3.8) is 0 Å². The van der Waals surface area contributed by atoms with Crippen molar-refractivity contribution >= 4 is 75.5 Å². The van der Waals surface area contributed by atoms with E-state index < -0.39 is 0 Å². The van der Waals surface area contributed by atoms with Gasteiger partial charge in [0.2, 0.25) is 0 Å². The quantitative estimate of drug-likeness (QED) is 0.130. The van der Waals surface area contributed by atoms with Gasteiger partial charge in [-0.1, -0.05) is 115 Å². The third-order valence-corrected chi connectivity index (χ3v) is 17.5. The Labute approximate surface area is 441 Å². The lowest BCUT2D eigenvalue weighted by Crippen LogP contribution is -2.02. The molecule has 0 fully saturated rings. The third kappa shape index (κ3) is 8.20. The number of nitrogens with zero attached hydrogens (tertiary/aromatic N) is 4. The molecule has 0 radical (unpaired) electrons. The highest BCUT2D eigenvalue weighted by Gasteiger charge is 2.23. The van der Waals surface area contributed by atoms with Gasteiger partial charge in [-0.05, 0) is 200 Å². The molecule has 72 heavy (non-hydrogen) atoms. The number of aryl methyl sites for hydroxylation is 6. The molecule has 0 saturated heterocycles. The van der Waals surface area contributed by atoms with E-state index in [9.17, 15) is 0 Å². The van der Waals surface area contributed by atoms with Crippen molar-refractivity contribution in [2.24, 2.45) is 0 Å².